The van der Waals surface area contributed by atoms with Gasteiger partial charge in [0.25, 0.3) is 0 Å². The van der Waals surface area contributed by atoms with Crippen molar-refractivity contribution in [2.45, 2.75) is 0 Å². The second kappa shape index (κ2) is 3.91. The van der Waals surface area contributed by atoms with Crippen LogP contribution in [0.4, 0.5) is 0 Å². The SMILES string of the molecule is [I-].c1cnn[nH+]c1. The Labute approximate surface area is 58.2 Å². The van der Waals surface area contributed by atoms with E-state index < -0.39 is 0 Å². The largest absolute Gasteiger partial charge is 1.00 e. The molecular formula is C3H4IN3. The maximum Gasteiger partial charge on any atom is 0.171 e. The van der Waals surface area contributed by atoms with Crippen molar-refractivity contribution < 1.29 is 29.1 Å². The lowest BCUT2D eigenvalue weighted by atomic mass is 10.7. The van der Waals surface area contributed by atoms with Gasteiger partial charge in [0.1, 0.15) is 11.4 Å². The maximum atomic E-state index is 3.48. The minimum Gasteiger partial charge on any atom is -1.00 e. The number of aromatic nitrogens is 3. The highest BCUT2D eigenvalue weighted by Gasteiger charge is 1.70. The molecule has 1 aromatic heterocycles. The third kappa shape index (κ3) is 2.44. The topological polar surface area (TPSA) is 39.9 Å². The third-order valence-electron chi connectivity index (χ3n) is 0.439. The van der Waals surface area contributed by atoms with Gasteiger partial charge >= 0.3 is 0 Å². The zero-order valence-electron chi connectivity index (χ0n) is 3.50. The van der Waals surface area contributed by atoms with Gasteiger partial charge in [-0.25, -0.2) is 0 Å². The first-order valence-corrected chi connectivity index (χ1v) is 1.64. The van der Waals surface area contributed by atoms with E-state index in [1.165, 1.54) is 0 Å². The highest BCUT2D eigenvalue weighted by atomic mass is 127. The molecule has 4 heteroatoms. The summed E-state index contributed by atoms with van der Waals surface area (Å²) < 4.78 is 0. The Morgan fingerprint density at radius 3 is 2.43 bits per heavy atom. The predicted octanol–water partition coefficient (Wildman–Crippen LogP) is -3.71. The van der Waals surface area contributed by atoms with Crippen LogP contribution in [0.5, 0.6) is 0 Å². The van der Waals surface area contributed by atoms with Gasteiger partial charge < -0.3 is 24.0 Å². The number of hydrogen-bond donors (Lipinski definition) is 0. The van der Waals surface area contributed by atoms with E-state index in [0.29, 0.717) is 0 Å². The molecule has 0 radical (unpaired) electrons. The van der Waals surface area contributed by atoms with Gasteiger partial charge in [-0.05, 0) is 0 Å². The molecule has 0 spiro atoms. The molecule has 0 atom stereocenters. The second-order valence-electron chi connectivity index (χ2n) is 0.853. The molecule has 38 valence electrons. The van der Waals surface area contributed by atoms with Crippen molar-refractivity contribution in [3.8, 4) is 0 Å². The van der Waals surface area contributed by atoms with E-state index in [9.17, 15) is 0 Å². The Kier molecular flexibility index (Phi) is 3.77. The highest BCUT2D eigenvalue weighted by molar-refractivity contribution is 4.64. The number of halogens is 1. The van der Waals surface area contributed by atoms with Gasteiger partial charge in [0.05, 0.1) is 5.10 Å². The van der Waals surface area contributed by atoms with Crippen LogP contribution in [0.2, 0.25) is 0 Å². The van der Waals surface area contributed by atoms with Gasteiger partial charge in [-0.1, -0.05) is 0 Å². The van der Waals surface area contributed by atoms with E-state index in [1.807, 2.05) is 0 Å². The van der Waals surface area contributed by atoms with Gasteiger partial charge in [0, 0.05) is 6.07 Å². The monoisotopic (exact) mass is 209 g/mol. The summed E-state index contributed by atoms with van der Waals surface area (Å²) in [5.74, 6) is 0. The Morgan fingerprint density at radius 2 is 2.29 bits per heavy atom. The fourth-order valence-electron chi connectivity index (χ4n) is 0.225. The number of hydrogen-bond acceptors (Lipinski definition) is 2. The third-order valence-corrected chi connectivity index (χ3v) is 0.439. The van der Waals surface area contributed by atoms with Gasteiger partial charge in [-0.15, -0.1) is 0 Å². The molecule has 7 heavy (non-hydrogen) atoms. The van der Waals surface area contributed by atoms with Crippen molar-refractivity contribution in [2.24, 2.45) is 0 Å². The van der Waals surface area contributed by atoms with Gasteiger partial charge in [0.2, 0.25) is 0 Å². The summed E-state index contributed by atoms with van der Waals surface area (Å²) in [4.78, 5) is 0. The quantitative estimate of drug-likeness (QED) is 0.412. The predicted molar refractivity (Wildman–Crippen MR) is 18.6 cm³/mol. The molecule has 1 rings (SSSR count). The fourth-order valence-corrected chi connectivity index (χ4v) is 0.225. The lowest BCUT2D eigenvalue weighted by molar-refractivity contribution is -0.463. The molecule has 0 bridgehead atoms. The number of H-pyrrole nitrogens is 1. The minimum atomic E-state index is 0. The van der Waals surface area contributed by atoms with Gasteiger partial charge in [0.15, 0.2) is 6.20 Å². The molecular weight excluding hydrogens is 205 g/mol. The first-order chi connectivity index (χ1) is 3.00. The zero-order chi connectivity index (χ0) is 4.24. The molecule has 0 saturated heterocycles. The van der Waals surface area contributed by atoms with E-state index in [2.05, 4.69) is 15.4 Å². The number of nitrogens with zero attached hydrogens (tertiary/aromatic N) is 2. The van der Waals surface area contributed by atoms with E-state index >= 15 is 0 Å². The van der Waals surface area contributed by atoms with Crippen LogP contribution in [0.25, 0.3) is 0 Å². The van der Waals surface area contributed by atoms with Crippen LogP contribution in [-0.2, 0) is 0 Å². The molecule has 3 nitrogen and oxygen atoms in total. The molecule has 0 amide bonds. The average Bonchev–Trinajstić information content (AvgIpc) is 1.72. The van der Waals surface area contributed by atoms with Crippen LogP contribution >= 0.6 is 0 Å². The van der Waals surface area contributed by atoms with E-state index in [-0.39, 0.29) is 24.0 Å². The summed E-state index contributed by atoms with van der Waals surface area (Å²) in [5.41, 5.74) is 0. The van der Waals surface area contributed by atoms with Crippen LogP contribution in [0.1, 0.15) is 0 Å². The second-order valence-corrected chi connectivity index (χ2v) is 0.853. The van der Waals surface area contributed by atoms with Crippen molar-refractivity contribution in [2.75, 3.05) is 0 Å². The molecule has 1 N–H and O–H groups in total. The molecule has 0 aliphatic heterocycles. The fraction of sp³-hybridized carbons (Fsp3) is 0. The minimum absolute atomic E-state index is 0. The van der Waals surface area contributed by atoms with Crippen molar-refractivity contribution in [1.82, 2.24) is 10.3 Å². The van der Waals surface area contributed by atoms with Crippen molar-refractivity contribution >= 4 is 0 Å². The molecule has 0 aliphatic carbocycles. The Hall–Kier alpha value is -0.260. The number of aromatic amines is 1. The molecule has 1 aromatic rings. The summed E-state index contributed by atoms with van der Waals surface area (Å²) in [6.45, 7) is 0. The highest BCUT2D eigenvalue weighted by Crippen LogP contribution is 1.56. The Bertz CT molecular complexity index is 82.1. The average molecular weight is 209 g/mol. The van der Waals surface area contributed by atoms with Crippen molar-refractivity contribution in [1.29, 1.82) is 0 Å². The maximum absolute atomic E-state index is 3.48. The van der Waals surface area contributed by atoms with E-state index in [1.54, 1.807) is 18.5 Å². The normalized spacial score (nSPS) is 6.86. The van der Waals surface area contributed by atoms with Gasteiger partial charge in [-0.3, -0.25) is 0 Å². The lowest BCUT2D eigenvalue weighted by Gasteiger charge is -1.58. The summed E-state index contributed by atoms with van der Waals surface area (Å²) in [6.07, 6.45) is 3.31. The lowest BCUT2D eigenvalue weighted by Crippen LogP contribution is -3.00. The zero-order valence-corrected chi connectivity index (χ0v) is 5.66. The van der Waals surface area contributed by atoms with Gasteiger partial charge in [-0.2, -0.15) is 5.10 Å². The number of rotatable bonds is 0. The van der Waals surface area contributed by atoms with Crippen LogP contribution in [-0.4, -0.2) is 10.3 Å². The smallest absolute Gasteiger partial charge is 0.171 e. The van der Waals surface area contributed by atoms with Crippen LogP contribution in [0.15, 0.2) is 18.5 Å². The summed E-state index contributed by atoms with van der Waals surface area (Å²) in [5, 5.41) is 9.42. The summed E-state index contributed by atoms with van der Waals surface area (Å²) in [6, 6.07) is 1.77. The molecule has 0 aromatic carbocycles. The Morgan fingerprint density at radius 1 is 1.43 bits per heavy atom. The standard InChI is InChI=1S/C3H3N3.HI/c1-2-4-6-5-3-1;/h1-3H;1H. The molecule has 1 heterocycles. The Balaban J connectivity index is 0.000000360. The van der Waals surface area contributed by atoms with Crippen LogP contribution < -0.4 is 29.1 Å². The van der Waals surface area contributed by atoms with E-state index in [4.69, 9.17) is 0 Å². The number of nitrogens with one attached hydrogen (secondary N) is 1. The molecule has 0 unspecified atom stereocenters. The van der Waals surface area contributed by atoms with Crippen LogP contribution in [0, 0.1) is 0 Å². The van der Waals surface area contributed by atoms with Crippen LogP contribution in [0.3, 0.4) is 0 Å². The molecule has 0 fully saturated rings. The summed E-state index contributed by atoms with van der Waals surface area (Å²) in [7, 11) is 0. The van der Waals surface area contributed by atoms with Crippen molar-refractivity contribution in [3.63, 3.8) is 0 Å². The molecule has 0 saturated carbocycles. The first-order valence-electron chi connectivity index (χ1n) is 1.64. The van der Waals surface area contributed by atoms with Crippen molar-refractivity contribution in [3.05, 3.63) is 18.5 Å². The summed E-state index contributed by atoms with van der Waals surface area (Å²) >= 11 is 0. The molecule has 0 aliphatic rings. The van der Waals surface area contributed by atoms with E-state index in [0.717, 1.165) is 0 Å². The first kappa shape index (κ1) is 6.74.